The van der Waals surface area contributed by atoms with Gasteiger partial charge in [0.05, 0.1) is 4.90 Å². The van der Waals surface area contributed by atoms with Crippen molar-refractivity contribution in [2.45, 2.75) is 56.4 Å². The second-order valence-corrected chi connectivity index (χ2v) is 8.16. The van der Waals surface area contributed by atoms with Gasteiger partial charge in [-0.3, -0.25) is 0 Å². The molecule has 0 radical (unpaired) electrons. The summed E-state index contributed by atoms with van der Waals surface area (Å²) in [7, 11) is -3.53. The first-order valence-electron chi connectivity index (χ1n) is 7.18. The van der Waals surface area contributed by atoms with Gasteiger partial charge in [0.25, 0.3) is 0 Å². The molecular formula is C15H22N2O2S2. The Morgan fingerprint density at radius 1 is 1.29 bits per heavy atom. The maximum atomic E-state index is 12.6. The SMILES string of the molecule is Cc1cc(C(N)=S)ccc1S(=O)(=O)NC1(C)CCCCC1. The highest BCUT2D eigenvalue weighted by molar-refractivity contribution is 7.89. The molecule has 0 saturated heterocycles. The molecule has 3 N–H and O–H groups in total. The minimum atomic E-state index is -3.53. The predicted octanol–water partition coefficient (Wildman–Crippen LogP) is 2.63. The van der Waals surface area contributed by atoms with Gasteiger partial charge in [-0.15, -0.1) is 0 Å². The number of hydrogen-bond donors (Lipinski definition) is 2. The highest BCUT2D eigenvalue weighted by Gasteiger charge is 2.32. The Balaban J connectivity index is 2.29. The molecule has 0 heterocycles. The van der Waals surface area contributed by atoms with Crippen LogP contribution in [0.4, 0.5) is 0 Å². The molecule has 0 unspecified atom stereocenters. The van der Waals surface area contributed by atoms with Gasteiger partial charge < -0.3 is 5.73 Å². The van der Waals surface area contributed by atoms with E-state index in [2.05, 4.69) is 4.72 Å². The van der Waals surface area contributed by atoms with Crippen LogP contribution in [0.2, 0.25) is 0 Å². The zero-order valence-electron chi connectivity index (χ0n) is 12.5. The number of nitrogens with two attached hydrogens (primary N) is 1. The normalized spacial score (nSPS) is 18.4. The van der Waals surface area contributed by atoms with E-state index in [1.165, 1.54) is 6.42 Å². The molecule has 21 heavy (non-hydrogen) atoms. The maximum absolute atomic E-state index is 12.6. The fourth-order valence-electron chi connectivity index (χ4n) is 2.92. The second-order valence-electron chi connectivity index (χ2n) is 6.07. The summed E-state index contributed by atoms with van der Waals surface area (Å²) in [4.78, 5) is 0.573. The van der Waals surface area contributed by atoms with E-state index >= 15 is 0 Å². The first kappa shape index (κ1) is 16.4. The van der Waals surface area contributed by atoms with E-state index in [0.717, 1.165) is 25.7 Å². The standard InChI is InChI=1S/C15H22N2O2S2/c1-11-10-12(14(16)20)6-7-13(11)21(18,19)17-15(2)8-4-3-5-9-15/h6-7,10,17H,3-5,8-9H2,1-2H3,(H2,16,20). The fourth-order valence-corrected chi connectivity index (χ4v) is 4.74. The summed E-state index contributed by atoms with van der Waals surface area (Å²) in [6.45, 7) is 3.75. The Morgan fingerprint density at radius 3 is 2.43 bits per heavy atom. The first-order valence-corrected chi connectivity index (χ1v) is 9.07. The molecule has 1 fully saturated rings. The average molecular weight is 326 g/mol. The Hall–Kier alpha value is -0.980. The van der Waals surface area contributed by atoms with Gasteiger partial charge in [-0.25, -0.2) is 13.1 Å². The van der Waals surface area contributed by atoms with E-state index in [1.807, 2.05) is 6.92 Å². The van der Waals surface area contributed by atoms with E-state index in [4.69, 9.17) is 18.0 Å². The van der Waals surface area contributed by atoms with Gasteiger partial charge in [-0.1, -0.05) is 37.5 Å². The maximum Gasteiger partial charge on any atom is 0.241 e. The van der Waals surface area contributed by atoms with Crippen molar-refractivity contribution >= 4 is 27.2 Å². The number of nitrogens with one attached hydrogen (secondary N) is 1. The van der Waals surface area contributed by atoms with Crippen molar-refractivity contribution in [2.24, 2.45) is 5.73 Å². The lowest BCUT2D eigenvalue weighted by atomic mass is 9.84. The Morgan fingerprint density at radius 2 is 1.90 bits per heavy atom. The van der Waals surface area contributed by atoms with Gasteiger partial charge in [-0.2, -0.15) is 0 Å². The summed E-state index contributed by atoms with van der Waals surface area (Å²) in [6.07, 6.45) is 5.09. The zero-order chi connectivity index (χ0) is 15.7. The Bertz CT molecular complexity index is 648. The molecule has 1 aromatic carbocycles. The van der Waals surface area contributed by atoms with Crippen molar-refractivity contribution in [3.63, 3.8) is 0 Å². The van der Waals surface area contributed by atoms with E-state index < -0.39 is 10.0 Å². The average Bonchev–Trinajstić information content (AvgIpc) is 2.37. The van der Waals surface area contributed by atoms with Crippen LogP contribution in [0.25, 0.3) is 0 Å². The van der Waals surface area contributed by atoms with Gasteiger partial charge >= 0.3 is 0 Å². The number of aryl methyl sites for hydroxylation is 1. The largest absolute Gasteiger partial charge is 0.389 e. The summed E-state index contributed by atoms with van der Waals surface area (Å²) in [5, 5.41) is 0. The molecule has 1 aromatic rings. The third-order valence-electron chi connectivity index (χ3n) is 4.09. The summed E-state index contributed by atoms with van der Waals surface area (Å²) < 4.78 is 28.2. The van der Waals surface area contributed by atoms with Crippen molar-refractivity contribution < 1.29 is 8.42 Å². The second kappa shape index (κ2) is 6.02. The summed E-state index contributed by atoms with van der Waals surface area (Å²) in [5.74, 6) is 0. The van der Waals surface area contributed by atoms with Crippen molar-refractivity contribution in [3.8, 4) is 0 Å². The highest BCUT2D eigenvalue weighted by Crippen LogP contribution is 2.30. The van der Waals surface area contributed by atoms with Crippen molar-refractivity contribution in [2.75, 3.05) is 0 Å². The molecule has 0 aromatic heterocycles. The van der Waals surface area contributed by atoms with Crippen LogP contribution in [0.1, 0.15) is 50.2 Å². The van der Waals surface area contributed by atoms with E-state index in [0.29, 0.717) is 16.0 Å². The van der Waals surface area contributed by atoms with Crippen LogP contribution in [0.15, 0.2) is 23.1 Å². The van der Waals surface area contributed by atoms with Gasteiger partial charge in [0, 0.05) is 11.1 Å². The van der Waals surface area contributed by atoms with E-state index in [1.54, 1.807) is 25.1 Å². The van der Waals surface area contributed by atoms with E-state index in [-0.39, 0.29) is 10.5 Å². The van der Waals surface area contributed by atoms with Gasteiger partial charge in [0.15, 0.2) is 0 Å². The monoisotopic (exact) mass is 326 g/mol. The van der Waals surface area contributed by atoms with Crippen LogP contribution in [-0.4, -0.2) is 18.9 Å². The molecule has 116 valence electrons. The van der Waals surface area contributed by atoms with E-state index in [9.17, 15) is 8.42 Å². The molecule has 0 aliphatic heterocycles. The van der Waals surface area contributed by atoms with Crippen LogP contribution in [0, 0.1) is 6.92 Å². The van der Waals surface area contributed by atoms with Crippen LogP contribution in [0.3, 0.4) is 0 Å². The van der Waals surface area contributed by atoms with Crippen molar-refractivity contribution in [1.29, 1.82) is 0 Å². The van der Waals surface area contributed by atoms with Gasteiger partial charge in [0.1, 0.15) is 4.99 Å². The molecule has 1 aliphatic carbocycles. The minimum Gasteiger partial charge on any atom is -0.389 e. The lowest BCUT2D eigenvalue weighted by Crippen LogP contribution is -2.47. The molecule has 0 amide bonds. The molecule has 0 spiro atoms. The van der Waals surface area contributed by atoms with Gasteiger partial charge in [-0.05, 0) is 44.4 Å². The Labute approximate surface area is 132 Å². The smallest absolute Gasteiger partial charge is 0.241 e. The quantitative estimate of drug-likeness (QED) is 0.834. The molecule has 1 saturated carbocycles. The molecule has 4 nitrogen and oxygen atoms in total. The highest BCUT2D eigenvalue weighted by atomic mass is 32.2. The molecule has 0 atom stereocenters. The molecule has 2 rings (SSSR count). The van der Waals surface area contributed by atoms with Crippen LogP contribution >= 0.6 is 12.2 Å². The summed E-state index contributed by atoms with van der Waals surface area (Å²) in [6, 6.07) is 4.96. The van der Waals surface area contributed by atoms with Gasteiger partial charge in [0.2, 0.25) is 10.0 Å². The number of hydrogen-bond acceptors (Lipinski definition) is 3. The fraction of sp³-hybridized carbons (Fsp3) is 0.533. The third kappa shape index (κ3) is 3.81. The number of sulfonamides is 1. The number of rotatable bonds is 4. The lowest BCUT2D eigenvalue weighted by Gasteiger charge is -2.34. The first-order chi connectivity index (χ1) is 9.73. The van der Waals surface area contributed by atoms with Crippen molar-refractivity contribution in [3.05, 3.63) is 29.3 Å². The van der Waals surface area contributed by atoms with Crippen LogP contribution in [0.5, 0.6) is 0 Å². The van der Waals surface area contributed by atoms with Crippen LogP contribution in [-0.2, 0) is 10.0 Å². The summed E-state index contributed by atoms with van der Waals surface area (Å²) in [5.41, 5.74) is 6.58. The molecule has 0 bridgehead atoms. The summed E-state index contributed by atoms with van der Waals surface area (Å²) >= 11 is 4.92. The topological polar surface area (TPSA) is 72.2 Å². The molecule has 6 heteroatoms. The predicted molar refractivity (Wildman–Crippen MR) is 88.9 cm³/mol. The zero-order valence-corrected chi connectivity index (χ0v) is 14.1. The van der Waals surface area contributed by atoms with Crippen molar-refractivity contribution in [1.82, 2.24) is 4.72 Å². The molecular weight excluding hydrogens is 304 g/mol. The minimum absolute atomic E-state index is 0.272. The van der Waals surface area contributed by atoms with Crippen LogP contribution < -0.4 is 10.5 Å². The third-order valence-corrected chi connectivity index (χ3v) is 6.12. The molecule has 1 aliphatic rings. The lowest BCUT2D eigenvalue weighted by molar-refractivity contribution is 0.294. The number of benzene rings is 1. The Kier molecular flexibility index (Phi) is 4.70. The number of thiocarbonyl (C=S) groups is 1.